The molecule has 0 radical (unpaired) electrons. The van der Waals surface area contributed by atoms with Crippen LogP contribution in [0.2, 0.25) is 0 Å². The van der Waals surface area contributed by atoms with Gasteiger partial charge in [-0.15, -0.1) is 0 Å². The third kappa shape index (κ3) is 5.52. The lowest BCUT2D eigenvalue weighted by molar-refractivity contribution is -0.885. The molecule has 2 aliphatic rings. The largest absolute Gasteiger partial charge is 0.337 e. The number of hydrazone groups is 1. The van der Waals surface area contributed by atoms with Crippen LogP contribution in [0.3, 0.4) is 0 Å². The van der Waals surface area contributed by atoms with Crippen molar-refractivity contribution in [2.45, 2.75) is 43.0 Å². The van der Waals surface area contributed by atoms with Gasteiger partial charge in [-0.1, -0.05) is 12.2 Å². The highest BCUT2D eigenvalue weighted by atomic mass is 32.2. The third-order valence-electron chi connectivity index (χ3n) is 5.88. The second-order valence-electron chi connectivity index (χ2n) is 8.00. The molecule has 0 unspecified atom stereocenters. The number of rotatable bonds is 6. The number of likely N-dealkylation sites (tertiary alicyclic amines) is 1. The molecular formula is C21H31N4O3S+. The van der Waals surface area contributed by atoms with Crippen molar-refractivity contribution < 1.29 is 18.1 Å². The van der Waals surface area contributed by atoms with Crippen LogP contribution >= 0.6 is 0 Å². The van der Waals surface area contributed by atoms with Crippen molar-refractivity contribution in [1.82, 2.24) is 9.73 Å². The number of nitrogens with zero attached hydrogens (tertiary/aromatic N) is 2. The van der Waals surface area contributed by atoms with Gasteiger partial charge in [-0.05, 0) is 49.4 Å². The normalized spacial score (nSPS) is 25.4. The summed E-state index contributed by atoms with van der Waals surface area (Å²) in [4.78, 5) is 13.9. The van der Waals surface area contributed by atoms with Gasteiger partial charge >= 0.3 is 0 Å². The van der Waals surface area contributed by atoms with E-state index in [0.29, 0.717) is 11.5 Å². The number of nitrogens with one attached hydrogen (secondary N) is 2. The Morgan fingerprint density at radius 3 is 2.48 bits per heavy atom. The summed E-state index contributed by atoms with van der Waals surface area (Å²) in [5, 5.41) is 4.05. The molecule has 1 fully saturated rings. The molecule has 0 bridgehead atoms. The minimum Gasteiger partial charge on any atom is -0.337 e. The molecular weight excluding hydrogens is 388 g/mol. The van der Waals surface area contributed by atoms with Crippen molar-refractivity contribution in [2.24, 2.45) is 11.0 Å². The first-order valence-electron chi connectivity index (χ1n) is 10.3. The number of piperidine rings is 1. The zero-order valence-electron chi connectivity index (χ0n) is 17.2. The fourth-order valence-corrected chi connectivity index (χ4v) is 5.23. The first-order valence-corrected chi connectivity index (χ1v) is 11.7. The molecule has 1 aromatic rings. The number of carbonyl (C=O) groups excluding carboxylic acids is 1. The molecule has 3 rings (SSSR count). The Kier molecular flexibility index (Phi) is 7.21. The number of hydrogen-bond donors (Lipinski definition) is 2. The zero-order valence-corrected chi connectivity index (χ0v) is 18.0. The van der Waals surface area contributed by atoms with Gasteiger partial charge in [0.2, 0.25) is 10.0 Å². The Hall–Kier alpha value is -2.03. The average Bonchev–Trinajstić information content (AvgIpc) is 2.74. The number of hydrogen-bond acceptors (Lipinski definition) is 4. The van der Waals surface area contributed by atoms with Crippen molar-refractivity contribution in [3.63, 3.8) is 0 Å². The summed E-state index contributed by atoms with van der Waals surface area (Å²) in [5.41, 5.74) is 2.91. The van der Waals surface area contributed by atoms with E-state index in [1.807, 2.05) is 0 Å². The Labute approximate surface area is 173 Å². The lowest BCUT2D eigenvalue weighted by Gasteiger charge is -2.32. The van der Waals surface area contributed by atoms with Crippen LogP contribution in [0.5, 0.6) is 0 Å². The van der Waals surface area contributed by atoms with Crippen molar-refractivity contribution in [3.05, 3.63) is 42.0 Å². The van der Waals surface area contributed by atoms with E-state index in [0.717, 1.165) is 45.2 Å². The van der Waals surface area contributed by atoms with Crippen LogP contribution in [0.1, 0.15) is 42.5 Å². The van der Waals surface area contributed by atoms with Gasteiger partial charge in [-0.3, -0.25) is 4.79 Å². The van der Waals surface area contributed by atoms with E-state index in [1.165, 1.54) is 33.5 Å². The molecule has 1 saturated heterocycles. The quantitative estimate of drug-likeness (QED) is 0.411. The molecule has 1 aliphatic carbocycles. The van der Waals surface area contributed by atoms with Gasteiger partial charge < -0.3 is 4.90 Å². The molecule has 2 N–H and O–H groups in total. The predicted molar refractivity (Wildman–Crippen MR) is 113 cm³/mol. The molecule has 1 aromatic carbocycles. The first-order chi connectivity index (χ1) is 13.9. The number of amides is 1. The molecule has 0 saturated carbocycles. The second kappa shape index (κ2) is 9.65. The van der Waals surface area contributed by atoms with Crippen molar-refractivity contribution in [1.29, 1.82) is 0 Å². The maximum atomic E-state index is 12.9. The molecule has 158 valence electrons. The highest BCUT2D eigenvalue weighted by Gasteiger charge is 2.31. The molecule has 7 nitrogen and oxygen atoms in total. The third-order valence-corrected chi connectivity index (χ3v) is 7.80. The number of benzene rings is 1. The topological polar surface area (TPSA) is 83.3 Å². The van der Waals surface area contributed by atoms with Gasteiger partial charge in [0.1, 0.15) is 0 Å². The van der Waals surface area contributed by atoms with Crippen molar-refractivity contribution >= 4 is 22.1 Å². The summed E-state index contributed by atoms with van der Waals surface area (Å²) in [6.07, 6.45) is 10.8. The van der Waals surface area contributed by atoms with Gasteiger partial charge in [-0.25, -0.2) is 13.8 Å². The van der Waals surface area contributed by atoms with E-state index < -0.39 is 10.0 Å². The number of carbonyl (C=O) groups is 1. The van der Waals surface area contributed by atoms with Crippen LogP contribution in [0.15, 0.2) is 46.4 Å². The molecule has 1 atom stereocenters. The fourth-order valence-electron chi connectivity index (χ4n) is 3.82. The van der Waals surface area contributed by atoms with Crippen LogP contribution in [-0.2, 0) is 10.0 Å². The minimum atomic E-state index is -3.57. The standard InChI is InChI=1S/C21H30N4O3S/c1-24-14-12-19(13-15-24)25(2)29(27,28)20-10-8-18(9-11-20)21(26)23-22-16-17-6-4-3-5-7-17/h3-4,8-11,16-17,19H,5-7,12-15H2,1-2H3,(H,23,26)/p+1/b22-16-/t17-/m1/s1. The predicted octanol–water partition coefficient (Wildman–Crippen LogP) is 1.06. The first kappa shape index (κ1) is 21.7. The van der Waals surface area contributed by atoms with Gasteiger partial charge in [0.25, 0.3) is 5.91 Å². The Morgan fingerprint density at radius 2 is 1.86 bits per heavy atom. The summed E-state index contributed by atoms with van der Waals surface area (Å²) in [7, 11) is 0.205. The summed E-state index contributed by atoms with van der Waals surface area (Å²) in [6.45, 7) is 1.95. The lowest BCUT2D eigenvalue weighted by Crippen LogP contribution is -3.10. The zero-order chi connectivity index (χ0) is 20.9. The van der Waals surface area contributed by atoms with Crippen LogP contribution in [0.4, 0.5) is 0 Å². The van der Waals surface area contributed by atoms with Crippen LogP contribution in [0, 0.1) is 5.92 Å². The maximum Gasteiger partial charge on any atom is 0.271 e. The van der Waals surface area contributed by atoms with Crippen LogP contribution in [0.25, 0.3) is 0 Å². The molecule has 8 heteroatoms. The Morgan fingerprint density at radius 1 is 1.17 bits per heavy atom. The monoisotopic (exact) mass is 419 g/mol. The minimum absolute atomic E-state index is 0.0237. The van der Waals surface area contributed by atoms with Crippen LogP contribution < -0.4 is 10.3 Å². The fraction of sp³-hybridized carbons (Fsp3) is 0.524. The van der Waals surface area contributed by atoms with Gasteiger partial charge in [0.15, 0.2) is 0 Å². The summed E-state index contributed by atoms with van der Waals surface area (Å²) in [6, 6.07) is 6.09. The summed E-state index contributed by atoms with van der Waals surface area (Å²) >= 11 is 0. The highest BCUT2D eigenvalue weighted by Crippen LogP contribution is 2.20. The van der Waals surface area contributed by atoms with Gasteiger partial charge in [0, 0.05) is 37.7 Å². The lowest BCUT2D eigenvalue weighted by atomic mass is 9.96. The molecule has 1 amide bonds. The average molecular weight is 420 g/mol. The Bertz CT molecular complexity index is 856. The van der Waals surface area contributed by atoms with E-state index in [9.17, 15) is 13.2 Å². The molecule has 0 aromatic heterocycles. The van der Waals surface area contributed by atoms with E-state index in [1.54, 1.807) is 13.3 Å². The number of quaternary nitrogens is 1. The van der Waals surface area contributed by atoms with Crippen molar-refractivity contribution in [2.75, 3.05) is 27.2 Å². The number of allylic oxidation sites excluding steroid dienone is 2. The van der Waals surface area contributed by atoms with Crippen molar-refractivity contribution in [3.8, 4) is 0 Å². The molecule has 1 aliphatic heterocycles. The van der Waals surface area contributed by atoms with E-state index in [-0.39, 0.29) is 16.8 Å². The van der Waals surface area contributed by atoms with E-state index >= 15 is 0 Å². The summed E-state index contributed by atoms with van der Waals surface area (Å²) < 4.78 is 27.3. The smallest absolute Gasteiger partial charge is 0.271 e. The second-order valence-corrected chi connectivity index (χ2v) is 10.00. The van der Waals surface area contributed by atoms with Gasteiger partial charge in [-0.2, -0.15) is 9.41 Å². The molecule has 0 spiro atoms. The van der Waals surface area contributed by atoms with E-state index in [4.69, 9.17) is 0 Å². The van der Waals surface area contributed by atoms with Crippen LogP contribution in [-0.4, -0.2) is 58.1 Å². The summed E-state index contributed by atoms with van der Waals surface area (Å²) in [5.74, 6) is 0.00716. The van der Waals surface area contributed by atoms with Gasteiger partial charge in [0.05, 0.1) is 25.0 Å². The molecule has 1 heterocycles. The maximum absolute atomic E-state index is 12.9. The Balaban J connectivity index is 1.60. The highest BCUT2D eigenvalue weighted by molar-refractivity contribution is 7.89. The SMILES string of the molecule is CN(C1CC[NH+](C)CC1)S(=O)(=O)c1ccc(C(=O)N/N=C\[C@@H]2CC=CCC2)cc1. The molecule has 29 heavy (non-hydrogen) atoms. The number of sulfonamides is 1. The van der Waals surface area contributed by atoms with E-state index in [2.05, 4.69) is 29.7 Å².